The molecule has 0 amide bonds. The van der Waals surface area contributed by atoms with Crippen molar-refractivity contribution in [2.75, 3.05) is 6.61 Å². The van der Waals surface area contributed by atoms with Gasteiger partial charge in [0.25, 0.3) is 0 Å². The van der Waals surface area contributed by atoms with E-state index in [9.17, 15) is 0 Å². The average Bonchev–Trinajstić information content (AvgIpc) is 2.84. The molecule has 34 heavy (non-hydrogen) atoms. The first-order valence-corrected chi connectivity index (χ1v) is 11.6. The van der Waals surface area contributed by atoms with Crippen molar-refractivity contribution in [1.82, 2.24) is 0 Å². The van der Waals surface area contributed by atoms with Crippen LogP contribution in [0.3, 0.4) is 0 Å². The van der Waals surface area contributed by atoms with Gasteiger partial charge in [-0.15, -0.1) is 0 Å². The Balaban J connectivity index is 1.50. The van der Waals surface area contributed by atoms with E-state index in [0.29, 0.717) is 0 Å². The summed E-state index contributed by atoms with van der Waals surface area (Å²) in [6.45, 7) is 4.40. The molecule has 1 aliphatic rings. The van der Waals surface area contributed by atoms with E-state index in [1.165, 1.54) is 0 Å². The molecule has 2 atom stereocenters. The minimum atomic E-state index is -0.858. The fourth-order valence-corrected chi connectivity index (χ4v) is 4.28. The molecule has 0 aromatic heterocycles. The normalized spacial score (nSPS) is 19.2. The first-order valence-electron chi connectivity index (χ1n) is 11.6. The van der Waals surface area contributed by atoms with Gasteiger partial charge in [-0.1, -0.05) is 72.8 Å². The number of aryl methyl sites for hydroxylation is 2. The Kier molecular flexibility index (Phi) is 6.09. The number of rotatable bonds is 7. The van der Waals surface area contributed by atoms with Gasteiger partial charge in [0, 0.05) is 5.39 Å². The van der Waals surface area contributed by atoms with Crippen molar-refractivity contribution in [3.63, 3.8) is 0 Å². The average molecular weight is 449 g/mol. The quantitative estimate of drug-likeness (QED) is 0.299. The van der Waals surface area contributed by atoms with Crippen molar-refractivity contribution in [3.05, 3.63) is 126 Å². The fourth-order valence-electron chi connectivity index (χ4n) is 4.28. The Morgan fingerprint density at radius 3 is 2.26 bits per heavy atom. The summed E-state index contributed by atoms with van der Waals surface area (Å²) in [5.74, 6) is 2.40. The van der Waals surface area contributed by atoms with Gasteiger partial charge in [0.05, 0.1) is 0 Å². The summed E-state index contributed by atoms with van der Waals surface area (Å²) >= 11 is 0. The van der Waals surface area contributed by atoms with Crippen LogP contribution in [0.1, 0.15) is 11.1 Å². The lowest BCUT2D eigenvalue weighted by Crippen LogP contribution is -2.53. The molecule has 0 spiro atoms. The number of ether oxygens (including phenoxy) is 3. The molecule has 2 unspecified atom stereocenters. The number of hydrogen-bond acceptors (Lipinski definition) is 3. The van der Waals surface area contributed by atoms with Crippen molar-refractivity contribution in [2.45, 2.75) is 25.6 Å². The van der Waals surface area contributed by atoms with Crippen molar-refractivity contribution in [3.8, 4) is 17.2 Å². The van der Waals surface area contributed by atoms with Crippen molar-refractivity contribution in [1.29, 1.82) is 0 Å². The molecule has 5 rings (SSSR count). The second-order valence-corrected chi connectivity index (χ2v) is 8.74. The van der Waals surface area contributed by atoms with Gasteiger partial charge in [0.15, 0.2) is 6.10 Å². The van der Waals surface area contributed by atoms with Crippen LogP contribution in [0, 0.1) is 13.8 Å². The van der Waals surface area contributed by atoms with Gasteiger partial charge in [0.1, 0.15) is 23.9 Å². The predicted octanol–water partition coefficient (Wildman–Crippen LogP) is 7.23. The number of allylic oxidation sites excluding steroid dienone is 2. The maximum absolute atomic E-state index is 6.68. The molecule has 0 fully saturated rings. The molecule has 0 saturated heterocycles. The lowest BCUT2D eigenvalue weighted by atomic mass is 9.92. The highest BCUT2D eigenvalue weighted by Crippen LogP contribution is 2.33. The molecule has 0 bridgehead atoms. The van der Waals surface area contributed by atoms with Crippen molar-refractivity contribution < 1.29 is 14.2 Å². The molecule has 170 valence electrons. The van der Waals surface area contributed by atoms with E-state index in [1.807, 2.05) is 85.0 Å². The smallest absolute Gasteiger partial charge is 0.201 e. The van der Waals surface area contributed by atoms with Crippen molar-refractivity contribution in [2.24, 2.45) is 0 Å². The molecular weight excluding hydrogens is 420 g/mol. The zero-order valence-corrected chi connectivity index (χ0v) is 19.5. The van der Waals surface area contributed by atoms with Gasteiger partial charge in [-0.25, -0.2) is 0 Å². The molecule has 3 heteroatoms. The first kappa shape index (κ1) is 21.8. The standard InChI is InChI=1S/C31H28O3/c1-23-10-7-14-26(20-23)33-30-18-5-6-19-31(30,34-27-15-8-11-24(2)21-27)22-32-29-17-9-13-25-12-3-4-16-28(25)29/h3-21,30H,22H2,1-2H3. The summed E-state index contributed by atoms with van der Waals surface area (Å²) in [6.07, 6.45) is 7.69. The molecule has 0 radical (unpaired) electrons. The molecule has 0 saturated carbocycles. The largest absolute Gasteiger partial charge is 0.488 e. The summed E-state index contributed by atoms with van der Waals surface area (Å²) in [7, 11) is 0. The summed E-state index contributed by atoms with van der Waals surface area (Å²) in [6, 6.07) is 30.5. The molecule has 0 N–H and O–H groups in total. The van der Waals surface area contributed by atoms with E-state index in [2.05, 4.69) is 44.2 Å². The van der Waals surface area contributed by atoms with E-state index >= 15 is 0 Å². The third kappa shape index (κ3) is 4.69. The minimum Gasteiger partial charge on any atom is -0.488 e. The van der Waals surface area contributed by atoms with Gasteiger partial charge in [-0.2, -0.15) is 0 Å². The van der Waals surface area contributed by atoms with Crippen LogP contribution in [0.4, 0.5) is 0 Å². The highest BCUT2D eigenvalue weighted by molar-refractivity contribution is 5.88. The summed E-state index contributed by atoms with van der Waals surface area (Å²) < 4.78 is 19.6. The van der Waals surface area contributed by atoms with Crippen LogP contribution >= 0.6 is 0 Å². The van der Waals surface area contributed by atoms with Crippen molar-refractivity contribution >= 4 is 10.8 Å². The fraction of sp³-hybridized carbons (Fsp3) is 0.161. The third-order valence-electron chi connectivity index (χ3n) is 6.01. The lowest BCUT2D eigenvalue weighted by molar-refractivity contribution is -0.0142. The van der Waals surface area contributed by atoms with E-state index in [1.54, 1.807) is 0 Å². The van der Waals surface area contributed by atoms with Gasteiger partial charge in [0.2, 0.25) is 5.60 Å². The Bertz CT molecular complexity index is 1350. The number of fused-ring (bicyclic) bond motifs is 1. The summed E-state index contributed by atoms with van der Waals surface area (Å²) in [5.41, 5.74) is 1.42. The summed E-state index contributed by atoms with van der Waals surface area (Å²) in [5, 5.41) is 2.21. The molecule has 0 aliphatic heterocycles. The predicted molar refractivity (Wildman–Crippen MR) is 138 cm³/mol. The Hall–Kier alpha value is -3.98. The number of benzene rings is 4. The second-order valence-electron chi connectivity index (χ2n) is 8.74. The zero-order valence-electron chi connectivity index (χ0n) is 19.5. The van der Waals surface area contributed by atoms with Gasteiger partial charge >= 0.3 is 0 Å². The third-order valence-corrected chi connectivity index (χ3v) is 6.01. The maximum Gasteiger partial charge on any atom is 0.201 e. The molecule has 4 aromatic rings. The molecular formula is C31H28O3. The maximum atomic E-state index is 6.68. The first-order chi connectivity index (χ1) is 16.6. The van der Waals surface area contributed by atoms with Crippen LogP contribution in [-0.2, 0) is 0 Å². The van der Waals surface area contributed by atoms with Gasteiger partial charge in [-0.05, 0) is 72.8 Å². The molecule has 4 aromatic carbocycles. The second kappa shape index (κ2) is 9.48. The van der Waals surface area contributed by atoms with E-state index in [0.717, 1.165) is 39.1 Å². The molecule has 1 aliphatic carbocycles. The van der Waals surface area contributed by atoms with Crippen LogP contribution in [0.5, 0.6) is 17.2 Å². The van der Waals surface area contributed by atoms with Crippen LogP contribution < -0.4 is 14.2 Å². The topological polar surface area (TPSA) is 27.7 Å². The van der Waals surface area contributed by atoms with E-state index in [-0.39, 0.29) is 12.7 Å². The van der Waals surface area contributed by atoms with Crippen LogP contribution in [0.25, 0.3) is 10.8 Å². The highest BCUT2D eigenvalue weighted by atomic mass is 16.6. The zero-order chi connectivity index (χ0) is 23.4. The summed E-state index contributed by atoms with van der Waals surface area (Å²) in [4.78, 5) is 0. The SMILES string of the molecule is Cc1cccc(OC2C=CC=CC2(COc2cccc3ccccc23)Oc2cccc(C)c2)c1. The Labute approximate surface area is 200 Å². The Morgan fingerprint density at radius 1 is 0.735 bits per heavy atom. The van der Waals surface area contributed by atoms with Crippen LogP contribution in [0.15, 0.2) is 115 Å². The van der Waals surface area contributed by atoms with E-state index < -0.39 is 5.60 Å². The van der Waals surface area contributed by atoms with Crippen LogP contribution in [-0.4, -0.2) is 18.3 Å². The molecule has 0 heterocycles. The van der Waals surface area contributed by atoms with Gasteiger partial charge in [-0.3, -0.25) is 0 Å². The van der Waals surface area contributed by atoms with Gasteiger partial charge < -0.3 is 14.2 Å². The Morgan fingerprint density at radius 2 is 1.44 bits per heavy atom. The van der Waals surface area contributed by atoms with E-state index in [4.69, 9.17) is 14.2 Å². The lowest BCUT2D eigenvalue weighted by Gasteiger charge is -2.38. The molecule has 3 nitrogen and oxygen atoms in total. The highest BCUT2D eigenvalue weighted by Gasteiger charge is 2.42. The number of hydrogen-bond donors (Lipinski definition) is 0. The van der Waals surface area contributed by atoms with Crippen LogP contribution in [0.2, 0.25) is 0 Å². The minimum absolute atomic E-state index is 0.284. The monoisotopic (exact) mass is 448 g/mol.